The van der Waals surface area contributed by atoms with Gasteiger partial charge in [0.05, 0.1) is 11.7 Å². The average molecular weight is 181 g/mol. The highest BCUT2D eigenvalue weighted by Crippen LogP contribution is 2.15. The van der Waals surface area contributed by atoms with E-state index in [0.29, 0.717) is 6.04 Å². The summed E-state index contributed by atoms with van der Waals surface area (Å²) in [5.41, 5.74) is 1.16. The Hall–Kier alpha value is -0.830. The van der Waals surface area contributed by atoms with Gasteiger partial charge in [0.15, 0.2) is 0 Å². The van der Waals surface area contributed by atoms with Crippen LogP contribution in [0.5, 0.6) is 0 Å². The van der Waals surface area contributed by atoms with Crippen molar-refractivity contribution in [2.75, 3.05) is 6.54 Å². The van der Waals surface area contributed by atoms with E-state index in [1.165, 1.54) is 6.42 Å². The largest absolute Gasteiger partial charge is 0.309 e. The van der Waals surface area contributed by atoms with Crippen molar-refractivity contribution in [3.63, 3.8) is 0 Å². The molecule has 0 fully saturated rings. The summed E-state index contributed by atoms with van der Waals surface area (Å²) in [6.45, 7) is 5.33. The Morgan fingerprint density at radius 3 is 2.77 bits per heavy atom. The Morgan fingerprint density at radius 1 is 1.54 bits per heavy atom. The summed E-state index contributed by atoms with van der Waals surface area (Å²) in [5.74, 6) is 0. The Labute approximate surface area is 80.1 Å². The standard InChI is InChI=1S/C10H19N3/c1-4-6-9(11-5-2)10-7-8-13(3)12-10/h7-9,11H,4-6H2,1-3H3. The maximum Gasteiger partial charge on any atom is 0.0793 e. The molecule has 3 nitrogen and oxygen atoms in total. The van der Waals surface area contributed by atoms with Gasteiger partial charge in [0, 0.05) is 13.2 Å². The average Bonchev–Trinajstić information content (AvgIpc) is 2.51. The normalized spacial score (nSPS) is 13.2. The van der Waals surface area contributed by atoms with E-state index in [2.05, 4.69) is 30.3 Å². The fourth-order valence-corrected chi connectivity index (χ4v) is 1.51. The molecule has 1 unspecified atom stereocenters. The Kier molecular flexibility index (Phi) is 3.96. The lowest BCUT2D eigenvalue weighted by molar-refractivity contribution is 0.492. The molecule has 0 aliphatic heterocycles. The van der Waals surface area contributed by atoms with E-state index in [9.17, 15) is 0 Å². The van der Waals surface area contributed by atoms with Gasteiger partial charge in [-0.15, -0.1) is 0 Å². The molecule has 0 saturated carbocycles. The first kappa shape index (κ1) is 10.3. The van der Waals surface area contributed by atoms with Gasteiger partial charge in [-0.25, -0.2) is 0 Å². The van der Waals surface area contributed by atoms with E-state index >= 15 is 0 Å². The highest BCUT2D eigenvalue weighted by atomic mass is 15.3. The number of hydrogen-bond donors (Lipinski definition) is 1. The molecule has 1 heterocycles. The smallest absolute Gasteiger partial charge is 0.0793 e. The van der Waals surface area contributed by atoms with Gasteiger partial charge in [-0.2, -0.15) is 5.10 Å². The molecular formula is C10H19N3. The van der Waals surface area contributed by atoms with Gasteiger partial charge in [-0.3, -0.25) is 4.68 Å². The number of aryl methyl sites for hydroxylation is 1. The van der Waals surface area contributed by atoms with E-state index in [1.54, 1.807) is 0 Å². The minimum Gasteiger partial charge on any atom is -0.309 e. The third-order valence-corrected chi connectivity index (χ3v) is 2.12. The number of rotatable bonds is 5. The highest BCUT2D eigenvalue weighted by molar-refractivity contribution is 5.05. The topological polar surface area (TPSA) is 29.9 Å². The molecule has 1 aromatic rings. The summed E-state index contributed by atoms with van der Waals surface area (Å²) in [6, 6.07) is 2.51. The van der Waals surface area contributed by atoms with Crippen LogP contribution in [0, 0.1) is 0 Å². The van der Waals surface area contributed by atoms with Crippen LogP contribution in [0.3, 0.4) is 0 Å². The highest BCUT2D eigenvalue weighted by Gasteiger charge is 2.10. The second kappa shape index (κ2) is 5.02. The number of hydrogen-bond acceptors (Lipinski definition) is 2. The van der Waals surface area contributed by atoms with Gasteiger partial charge in [-0.05, 0) is 19.0 Å². The van der Waals surface area contributed by atoms with Crippen molar-refractivity contribution in [3.8, 4) is 0 Å². The first-order chi connectivity index (χ1) is 6.27. The molecule has 1 N–H and O–H groups in total. The molecule has 0 aliphatic carbocycles. The van der Waals surface area contributed by atoms with Crippen LogP contribution in [0.15, 0.2) is 12.3 Å². The molecule has 1 aromatic heterocycles. The quantitative estimate of drug-likeness (QED) is 0.751. The zero-order valence-electron chi connectivity index (χ0n) is 8.75. The Bertz CT molecular complexity index is 236. The molecule has 0 aliphatic rings. The summed E-state index contributed by atoms with van der Waals surface area (Å²) in [7, 11) is 1.96. The van der Waals surface area contributed by atoms with E-state index in [-0.39, 0.29) is 0 Å². The summed E-state index contributed by atoms with van der Waals surface area (Å²) in [6.07, 6.45) is 4.34. The van der Waals surface area contributed by atoms with Gasteiger partial charge in [0.2, 0.25) is 0 Å². The maximum atomic E-state index is 4.40. The minimum absolute atomic E-state index is 0.427. The summed E-state index contributed by atoms with van der Waals surface area (Å²) in [4.78, 5) is 0. The minimum atomic E-state index is 0.427. The predicted octanol–water partition coefficient (Wildman–Crippen LogP) is 1.87. The fraction of sp³-hybridized carbons (Fsp3) is 0.700. The third-order valence-electron chi connectivity index (χ3n) is 2.12. The molecule has 1 atom stereocenters. The predicted molar refractivity (Wildman–Crippen MR) is 54.5 cm³/mol. The van der Waals surface area contributed by atoms with Crippen LogP contribution in [0.4, 0.5) is 0 Å². The van der Waals surface area contributed by atoms with Crippen molar-refractivity contribution in [3.05, 3.63) is 18.0 Å². The molecule has 0 radical (unpaired) electrons. The molecule has 0 bridgehead atoms. The van der Waals surface area contributed by atoms with E-state index in [1.807, 2.05) is 17.9 Å². The fourth-order valence-electron chi connectivity index (χ4n) is 1.51. The summed E-state index contributed by atoms with van der Waals surface area (Å²) in [5, 5.41) is 7.84. The van der Waals surface area contributed by atoms with Gasteiger partial charge >= 0.3 is 0 Å². The molecule has 3 heteroatoms. The van der Waals surface area contributed by atoms with E-state index in [4.69, 9.17) is 0 Å². The second-order valence-electron chi connectivity index (χ2n) is 3.31. The van der Waals surface area contributed by atoms with Crippen LogP contribution in [0.1, 0.15) is 38.4 Å². The van der Waals surface area contributed by atoms with Gasteiger partial charge in [0.1, 0.15) is 0 Å². The lowest BCUT2D eigenvalue weighted by atomic mass is 10.1. The molecule has 0 spiro atoms. The van der Waals surface area contributed by atoms with Gasteiger partial charge in [-0.1, -0.05) is 20.3 Å². The van der Waals surface area contributed by atoms with Crippen molar-refractivity contribution < 1.29 is 0 Å². The van der Waals surface area contributed by atoms with E-state index < -0.39 is 0 Å². The van der Waals surface area contributed by atoms with Crippen LogP contribution >= 0.6 is 0 Å². The second-order valence-corrected chi connectivity index (χ2v) is 3.31. The van der Waals surface area contributed by atoms with Crippen LogP contribution in [-0.4, -0.2) is 16.3 Å². The van der Waals surface area contributed by atoms with Crippen LogP contribution in [0.25, 0.3) is 0 Å². The van der Waals surface area contributed by atoms with Crippen molar-refractivity contribution in [2.45, 2.75) is 32.7 Å². The first-order valence-electron chi connectivity index (χ1n) is 5.00. The SMILES string of the molecule is CCCC(NCC)c1ccn(C)n1. The van der Waals surface area contributed by atoms with Crippen molar-refractivity contribution in [1.82, 2.24) is 15.1 Å². The first-order valence-corrected chi connectivity index (χ1v) is 5.00. The van der Waals surface area contributed by atoms with Crippen LogP contribution in [0.2, 0.25) is 0 Å². The van der Waals surface area contributed by atoms with Crippen molar-refractivity contribution >= 4 is 0 Å². The maximum absolute atomic E-state index is 4.40. The lowest BCUT2D eigenvalue weighted by Crippen LogP contribution is -2.21. The molecule has 74 valence electrons. The number of aromatic nitrogens is 2. The summed E-state index contributed by atoms with van der Waals surface area (Å²) < 4.78 is 1.86. The van der Waals surface area contributed by atoms with Crippen LogP contribution < -0.4 is 5.32 Å². The molecular weight excluding hydrogens is 162 g/mol. The van der Waals surface area contributed by atoms with Crippen molar-refractivity contribution in [1.29, 1.82) is 0 Å². The van der Waals surface area contributed by atoms with Gasteiger partial charge in [0.25, 0.3) is 0 Å². The zero-order valence-corrected chi connectivity index (χ0v) is 8.75. The molecule has 1 rings (SSSR count). The zero-order chi connectivity index (χ0) is 9.68. The Balaban J connectivity index is 2.63. The third kappa shape index (κ3) is 2.84. The molecule has 0 saturated heterocycles. The Morgan fingerprint density at radius 2 is 2.31 bits per heavy atom. The molecule has 0 amide bonds. The lowest BCUT2D eigenvalue weighted by Gasteiger charge is -2.13. The van der Waals surface area contributed by atoms with Crippen molar-refractivity contribution in [2.24, 2.45) is 7.05 Å². The van der Waals surface area contributed by atoms with Gasteiger partial charge < -0.3 is 5.32 Å². The number of nitrogens with one attached hydrogen (secondary N) is 1. The van der Waals surface area contributed by atoms with Crippen LogP contribution in [-0.2, 0) is 7.05 Å². The molecule has 0 aromatic carbocycles. The molecule has 13 heavy (non-hydrogen) atoms. The van der Waals surface area contributed by atoms with E-state index in [0.717, 1.165) is 18.7 Å². The summed E-state index contributed by atoms with van der Waals surface area (Å²) >= 11 is 0. The monoisotopic (exact) mass is 181 g/mol. The number of nitrogens with zero attached hydrogens (tertiary/aromatic N) is 2.